The summed E-state index contributed by atoms with van der Waals surface area (Å²) in [4.78, 5) is 22.7. The molecule has 0 unspecified atom stereocenters. The van der Waals surface area contributed by atoms with Crippen molar-refractivity contribution in [2.75, 3.05) is 11.5 Å². The predicted octanol–water partition coefficient (Wildman–Crippen LogP) is -1.08. The maximum absolute atomic E-state index is 11.6. The van der Waals surface area contributed by atoms with Crippen LogP contribution in [0, 0.1) is 0 Å². The first-order chi connectivity index (χ1) is 6.69. The zero-order valence-corrected chi connectivity index (χ0v) is 10.6. The zero-order valence-electron chi connectivity index (χ0n) is 8.78. The van der Waals surface area contributed by atoms with Crippen LogP contribution in [-0.4, -0.2) is 34.4 Å². The standard InChI is InChI=1S/C8H17N3O2S2/c1-7(10,3-14)6(13)11-8(2,4-15)5(9)12/h14-15H,3-4,10H2,1-2H3,(H2,9,12)(H,11,13)/t7-,8+/m1/s1. The molecule has 5 N–H and O–H groups in total. The summed E-state index contributed by atoms with van der Waals surface area (Å²) in [5.41, 5.74) is 8.48. The van der Waals surface area contributed by atoms with Gasteiger partial charge in [-0.25, -0.2) is 0 Å². The van der Waals surface area contributed by atoms with Gasteiger partial charge >= 0.3 is 0 Å². The van der Waals surface area contributed by atoms with Crippen LogP contribution < -0.4 is 16.8 Å². The van der Waals surface area contributed by atoms with Crippen molar-refractivity contribution in [2.24, 2.45) is 11.5 Å². The number of thiol groups is 2. The third-order valence-corrected chi connectivity index (χ3v) is 3.39. The summed E-state index contributed by atoms with van der Waals surface area (Å²) >= 11 is 7.91. The first-order valence-electron chi connectivity index (χ1n) is 4.33. The van der Waals surface area contributed by atoms with Crippen LogP contribution in [0.4, 0.5) is 0 Å². The minimum absolute atomic E-state index is 0.108. The summed E-state index contributed by atoms with van der Waals surface area (Å²) < 4.78 is 0. The fraction of sp³-hybridized carbons (Fsp3) is 0.750. The van der Waals surface area contributed by atoms with E-state index in [4.69, 9.17) is 11.5 Å². The molecular formula is C8H17N3O2S2. The molecule has 0 spiro atoms. The molecule has 0 aromatic carbocycles. The molecule has 0 aliphatic rings. The van der Waals surface area contributed by atoms with Gasteiger partial charge in [0.15, 0.2) is 0 Å². The number of rotatable bonds is 5. The van der Waals surface area contributed by atoms with Crippen LogP contribution in [-0.2, 0) is 9.59 Å². The molecule has 2 amide bonds. The summed E-state index contributed by atoms with van der Waals surface area (Å²) in [6, 6.07) is 0. The Morgan fingerprint density at radius 2 is 1.73 bits per heavy atom. The van der Waals surface area contributed by atoms with Gasteiger partial charge in [0.25, 0.3) is 0 Å². The molecule has 0 aliphatic heterocycles. The van der Waals surface area contributed by atoms with Gasteiger partial charge in [-0.3, -0.25) is 9.59 Å². The van der Waals surface area contributed by atoms with E-state index in [1.165, 1.54) is 13.8 Å². The molecule has 0 saturated heterocycles. The van der Waals surface area contributed by atoms with Crippen molar-refractivity contribution in [3.8, 4) is 0 Å². The second kappa shape index (κ2) is 5.09. The maximum atomic E-state index is 11.6. The van der Waals surface area contributed by atoms with E-state index in [0.717, 1.165) is 0 Å². The van der Waals surface area contributed by atoms with Crippen LogP contribution in [0.1, 0.15) is 13.8 Å². The number of nitrogens with one attached hydrogen (secondary N) is 1. The molecule has 0 heterocycles. The van der Waals surface area contributed by atoms with E-state index in [-0.39, 0.29) is 11.5 Å². The van der Waals surface area contributed by atoms with E-state index in [1.807, 2.05) is 0 Å². The van der Waals surface area contributed by atoms with Crippen LogP contribution in [0.3, 0.4) is 0 Å². The monoisotopic (exact) mass is 251 g/mol. The summed E-state index contributed by atoms with van der Waals surface area (Å²) in [7, 11) is 0. The lowest BCUT2D eigenvalue weighted by Crippen LogP contribution is -2.64. The highest BCUT2D eigenvalue weighted by Gasteiger charge is 2.36. The molecule has 88 valence electrons. The van der Waals surface area contributed by atoms with Gasteiger partial charge in [-0.15, -0.1) is 0 Å². The first kappa shape index (κ1) is 14.6. The van der Waals surface area contributed by atoms with Crippen molar-refractivity contribution in [1.29, 1.82) is 0 Å². The molecule has 0 aromatic heterocycles. The Kier molecular flexibility index (Phi) is 4.95. The molecule has 0 saturated carbocycles. The second-order valence-electron chi connectivity index (χ2n) is 3.88. The summed E-state index contributed by atoms with van der Waals surface area (Å²) in [6.07, 6.45) is 0. The molecule has 0 radical (unpaired) electrons. The van der Waals surface area contributed by atoms with Gasteiger partial charge in [-0.05, 0) is 13.8 Å². The van der Waals surface area contributed by atoms with Crippen LogP contribution in [0.25, 0.3) is 0 Å². The molecule has 0 fully saturated rings. The lowest BCUT2D eigenvalue weighted by Gasteiger charge is -2.30. The van der Waals surface area contributed by atoms with Crippen LogP contribution in [0.15, 0.2) is 0 Å². The van der Waals surface area contributed by atoms with Crippen LogP contribution >= 0.6 is 25.3 Å². The van der Waals surface area contributed by atoms with Gasteiger partial charge in [0, 0.05) is 11.5 Å². The van der Waals surface area contributed by atoms with Crippen molar-refractivity contribution in [3.05, 3.63) is 0 Å². The SMILES string of the molecule is C[C@@](N)(CS)C(=O)N[C@@](C)(CS)C(N)=O. The fourth-order valence-electron chi connectivity index (χ4n) is 0.644. The van der Waals surface area contributed by atoms with E-state index >= 15 is 0 Å². The summed E-state index contributed by atoms with van der Waals surface area (Å²) in [5.74, 6) is -0.856. The Labute approximate surface area is 100 Å². The second-order valence-corrected chi connectivity index (χ2v) is 4.52. The summed E-state index contributed by atoms with van der Waals surface area (Å²) in [5, 5.41) is 2.47. The minimum Gasteiger partial charge on any atom is -0.368 e. The number of amides is 2. The van der Waals surface area contributed by atoms with Crippen LogP contribution in [0.2, 0.25) is 0 Å². The average Bonchev–Trinajstić information content (AvgIpc) is 2.17. The largest absolute Gasteiger partial charge is 0.368 e. The third kappa shape index (κ3) is 3.58. The van der Waals surface area contributed by atoms with E-state index in [1.54, 1.807) is 0 Å². The molecule has 7 heteroatoms. The van der Waals surface area contributed by atoms with Gasteiger partial charge in [-0.1, -0.05) is 0 Å². The molecular weight excluding hydrogens is 234 g/mol. The van der Waals surface area contributed by atoms with E-state index in [0.29, 0.717) is 0 Å². The van der Waals surface area contributed by atoms with E-state index < -0.39 is 22.9 Å². The topological polar surface area (TPSA) is 98.2 Å². The van der Waals surface area contributed by atoms with Gasteiger partial charge in [-0.2, -0.15) is 25.3 Å². The molecule has 0 aliphatic carbocycles. The third-order valence-electron chi connectivity index (χ3n) is 2.10. The number of hydrogen-bond acceptors (Lipinski definition) is 5. The predicted molar refractivity (Wildman–Crippen MR) is 66.0 cm³/mol. The minimum atomic E-state index is -1.19. The Balaban J connectivity index is 4.72. The molecule has 0 rings (SSSR count). The van der Waals surface area contributed by atoms with E-state index in [2.05, 4.69) is 30.6 Å². The molecule has 15 heavy (non-hydrogen) atoms. The fourth-order valence-corrected chi connectivity index (χ4v) is 1.02. The average molecular weight is 251 g/mol. The Morgan fingerprint density at radius 3 is 2.00 bits per heavy atom. The quantitative estimate of drug-likeness (QED) is 0.402. The van der Waals surface area contributed by atoms with Crippen molar-refractivity contribution in [3.63, 3.8) is 0 Å². The van der Waals surface area contributed by atoms with Crippen molar-refractivity contribution in [1.82, 2.24) is 5.32 Å². The van der Waals surface area contributed by atoms with Crippen LogP contribution in [0.5, 0.6) is 0 Å². The van der Waals surface area contributed by atoms with Gasteiger partial charge in [0.2, 0.25) is 11.8 Å². The molecule has 0 aromatic rings. The van der Waals surface area contributed by atoms with Crippen molar-refractivity contribution in [2.45, 2.75) is 24.9 Å². The molecule has 0 bridgehead atoms. The lowest BCUT2D eigenvalue weighted by molar-refractivity contribution is -0.132. The Hall–Kier alpha value is -0.400. The highest BCUT2D eigenvalue weighted by Crippen LogP contribution is 2.09. The smallest absolute Gasteiger partial charge is 0.243 e. The van der Waals surface area contributed by atoms with E-state index in [9.17, 15) is 9.59 Å². The highest BCUT2D eigenvalue weighted by atomic mass is 32.1. The number of carbonyl (C=O) groups excluding carboxylic acids is 2. The molecule has 5 nitrogen and oxygen atoms in total. The van der Waals surface area contributed by atoms with Crippen molar-refractivity contribution >= 4 is 37.1 Å². The van der Waals surface area contributed by atoms with Crippen molar-refractivity contribution < 1.29 is 9.59 Å². The Morgan fingerprint density at radius 1 is 1.27 bits per heavy atom. The number of primary amides is 1. The highest BCUT2D eigenvalue weighted by molar-refractivity contribution is 7.80. The number of carbonyl (C=O) groups is 2. The van der Waals surface area contributed by atoms with Gasteiger partial charge in [0.1, 0.15) is 11.1 Å². The molecule has 2 atom stereocenters. The summed E-state index contributed by atoms with van der Waals surface area (Å²) in [6.45, 7) is 3.02. The Bertz CT molecular complexity index is 271. The number of hydrogen-bond donors (Lipinski definition) is 5. The number of nitrogens with two attached hydrogens (primary N) is 2. The van der Waals surface area contributed by atoms with Gasteiger partial charge in [0.05, 0.1) is 0 Å². The maximum Gasteiger partial charge on any atom is 0.243 e. The van der Waals surface area contributed by atoms with Gasteiger partial charge < -0.3 is 16.8 Å². The zero-order chi connectivity index (χ0) is 12.3. The lowest BCUT2D eigenvalue weighted by atomic mass is 10.00. The first-order valence-corrected chi connectivity index (χ1v) is 5.59. The normalized spacial score (nSPS) is 18.7.